The van der Waals surface area contributed by atoms with Crippen molar-refractivity contribution in [1.82, 2.24) is 4.31 Å². The molecular weight excluding hydrogens is 366 g/mol. The van der Waals surface area contributed by atoms with Crippen LogP contribution in [0.15, 0.2) is 14.7 Å². The van der Waals surface area contributed by atoms with E-state index >= 15 is 0 Å². The summed E-state index contributed by atoms with van der Waals surface area (Å²) in [6.07, 6.45) is 2.10. The second-order valence-corrected chi connectivity index (χ2v) is 9.12. The van der Waals surface area contributed by atoms with Gasteiger partial charge in [0.25, 0.3) is 0 Å². The quantitative estimate of drug-likeness (QED) is 0.754. The average Bonchev–Trinajstić information content (AvgIpc) is 2.77. The summed E-state index contributed by atoms with van der Waals surface area (Å²) in [6.45, 7) is 2.12. The molecule has 5 nitrogen and oxygen atoms in total. The Balaban J connectivity index is 2.40. The summed E-state index contributed by atoms with van der Waals surface area (Å²) in [5, 5.41) is 0. The molecule has 0 amide bonds. The standard InChI is InChI=1S/C12H16BrNO4S2/c1-8-10(7-11(13)19-8)20(16,17)14-6-4-3-5-9(14)12(15)18-2/h7,9H,3-6H2,1-2H3. The van der Waals surface area contributed by atoms with Crippen LogP contribution in [0.4, 0.5) is 0 Å². The van der Waals surface area contributed by atoms with Gasteiger partial charge in [0, 0.05) is 11.4 Å². The minimum absolute atomic E-state index is 0.269. The highest BCUT2D eigenvalue weighted by molar-refractivity contribution is 9.11. The number of hydrogen-bond acceptors (Lipinski definition) is 5. The van der Waals surface area contributed by atoms with Gasteiger partial charge in [-0.2, -0.15) is 4.31 Å². The lowest BCUT2D eigenvalue weighted by molar-refractivity contribution is -0.146. The second-order valence-electron chi connectivity index (χ2n) is 4.62. The molecule has 8 heteroatoms. The van der Waals surface area contributed by atoms with Gasteiger partial charge in [-0.05, 0) is 48.2 Å². The van der Waals surface area contributed by atoms with Crippen LogP contribution in [0.3, 0.4) is 0 Å². The topological polar surface area (TPSA) is 63.7 Å². The van der Waals surface area contributed by atoms with E-state index in [0.29, 0.717) is 17.8 Å². The van der Waals surface area contributed by atoms with Crippen LogP contribution in [-0.4, -0.2) is 38.4 Å². The number of ether oxygens (including phenoxy) is 1. The molecule has 2 heterocycles. The second kappa shape index (κ2) is 6.13. The zero-order valence-corrected chi connectivity index (χ0v) is 14.5. The number of carbonyl (C=O) groups is 1. The van der Waals surface area contributed by atoms with Crippen molar-refractivity contribution in [1.29, 1.82) is 0 Å². The first-order chi connectivity index (χ1) is 9.37. The van der Waals surface area contributed by atoms with Gasteiger partial charge < -0.3 is 4.74 Å². The summed E-state index contributed by atoms with van der Waals surface area (Å²) in [5.74, 6) is -0.486. The van der Waals surface area contributed by atoms with Crippen LogP contribution >= 0.6 is 27.3 Å². The third-order valence-electron chi connectivity index (χ3n) is 3.36. The number of methoxy groups -OCH3 is 1. The van der Waals surface area contributed by atoms with E-state index in [1.807, 2.05) is 0 Å². The van der Waals surface area contributed by atoms with Crippen molar-refractivity contribution in [2.45, 2.75) is 37.1 Å². The minimum Gasteiger partial charge on any atom is -0.468 e. The number of nitrogens with zero attached hydrogens (tertiary/aromatic N) is 1. The predicted octanol–water partition coefficient (Wildman–Crippen LogP) is 2.54. The van der Waals surface area contributed by atoms with Gasteiger partial charge in [-0.15, -0.1) is 11.3 Å². The number of hydrogen-bond donors (Lipinski definition) is 0. The van der Waals surface area contributed by atoms with Crippen molar-refractivity contribution >= 4 is 43.3 Å². The number of rotatable bonds is 3. The van der Waals surface area contributed by atoms with Crippen molar-refractivity contribution in [3.05, 3.63) is 14.7 Å². The summed E-state index contributed by atoms with van der Waals surface area (Å²) in [6, 6.07) is 0.884. The highest BCUT2D eigenvalue weighted by Gasteiger charge is 2.39. The fourth-order valence-electron chi connectivity index (χ4n) is 2.38. The van der Waals surface area contributed by atoms with Gasteiger partial charge in [0.1, 0.15) is 6.04 Å². The minimum atomic E-state index is -3.66. The summed E-state index contributed by atoms with van der Waals surface area (Å²) in [7, 11) is -2.38. The predicted molar refractivity (Wildman–Crippen MR) is 80.3 cm³/mol. The number of piperidine rings is 1. The van der Waals surface area contributed by atoms with Gasteiger partial charge in [-0.25, -0.2) is 8.42 Å². The van der Waals surface area contributed by atoms with Gasteiger partial charge in [0.05, 0.1) is 15.8 Å². The smallest absolute Gasteiger partial charge is 0.324 e. The van der Waals surface area contributed by atoms with Crippen LogP contribution in [0.1, 0.15) is 24.1 Å². The summed E-state index contributed by atoms with van der Waals surface area (Å²) < 4.78 is 32.3. The Bertz CT molecular complexity index is 611. The molecular formula is C12H16BrNO4S2. The van der Waals surface area contributed by atoms with Crippen molar-refractivity contribution in [3.63, 3.8) is 0 Å². The number of thiophene rings is 1. The summed E-state index contributed by atoms with van der Waals surface area (Å²) in [4.78, 5) is 12.8. The van der Waals surface area contributed by atoms with Gasteiger partial charge in [0.15, 0.2) is 0 Å². The summed E-state index contributed by atoms with van der Waals surface area (Å²) >= 11 is 4.67. The van der Waals surface area contributed by atoms with Crippen molar-refractivity contribution in [2.24, 2.45) is 0 Å². The Morgan fingerprint density at radius 3 is 2.75 bits per heavy atom. The molecule has 1 unspecified atom stereocenters. The molecule has 1 saturated heterocycles. The maximum absolute atomic E-state index is 12.8. The molecule has 1 fully saturated rings. The number of carbonyl (C=O) groups excluding carboxylic acids is 1. The van der Waals surface area contributed by atoms with Gasteiger partial charge >= 0.3 is 5.97 Å². The van der Waals surface area contributed by atoms with E-state index in [-0.39, 0.29) is 4.90 Å². The van der Waals surface area contributed by atoms with E-state index < -0.39 is 22.0 Å². The summed E-state index contributed by atoms with van der Waals surface area (Å²) in [5.41, 5.74) is 0. The lowest BCUT2D eigenvalue weighted by atomic mass is 10.1. The van der Waals surface area contributed by atoms with Crippen LogP contribution in [0.25, 0.3) is 0 Å². The number of sulfonamides is 1. The first-order valence-corrected chi connectivity index (χ1v) is 9.28. The third-order valence-corrected chi connectivity index (χ3v) is 7.07. The lowest BCUT2D eigenvalue weighted by Crippen LogP contribution is -2.48. The zero-order valence-electron chi connectivity index (χ0n) is 11.3. The SMILES string of the molecule is COC(=O)C1CCCCN1S(=O)(=O)c1cc(Br)sc1C. The molecule has 1 aliphatic heterocycles. The first-order valence-electron chi connectivity index (χ1n) is 6.23. The van der Waals surface area contributed by atoms with Crippen LogP contribution in [0, 0.1) is 6.92 Å². The van der Waals surface area contributed by atoms with E-state index in [0.717, 1.165) is 16.6 Å². The van der Waals surface area contributed by atoms with Crippen molar-refractivity contribution < 1.29 is 17.9 Å². The Labute approximate surface area is 131 Å². The molecule has 0 bridgehead atoms. The Hall–Kier alpha value is -0.440. The molecule has 1 aliphatic rings. The molecule has 1 aromatic rings. The molecule has 0 saturated carbocycles. The van der Waals surface area contributed by atoms with E-state index in [1.165, 1.54) is 22.8 Å². The van der Waals surface area contributed by atoms with Crippen LogP contribution in [0.5, 0.6) is 0 Å². The molecule has 112 valence electrons. The maximum atomic E-state index is 12.8. The molecule has 20 heavy (non-hydrogen) atoms. The lowest BCUT2D eigenvalue weighted by Gasteiger charge is -2.32. The fourth-order valence-corrected chi connectivity index (χ4v) is 6.41. The van der Waals surface area contributed by atoms with Crippen molar-refractivity contribution in [3.8, 4) is 0 Å². The molecule has 1 aromatic heterocycles. The largest absolute Gasteiger partial charge is 0.468 e. The van der Waals surface area contributed by atoms with E-state index in [1.54, 1.807) is 13.0 Å². The fraction of sp³-hybridized carbons (Fsp3) is 0.583. The monoisotopic (exact) mass is 381 g/mol. The number of esters is 1. The van der Waals surface area contributed by atoms with Crippen molar-refractivity contribution in [2.75, 3.05) is 13.7 Å². The first kappa shape index (κ1) is 15.9. The van der Waals surface area contributed by atoms with Gasteiger partial charge in [0.2, 0.25) is 10.0 Å². The highest BCUT2D eigenvalue weighted by Crippen LogP contribution is 2.34. The molecule has 0 aromatic carbocycles. The van der Waals surface area contributed by atoms with E-state index in [4.69, 9.17) is 4.74 Å². The number of aryl methyl sites for hydroxylation is 1. The van der Waals surface area contributed by atoms with E-state index in [9.17, 15) is 13.2 Å². The van der Waals surface area contributed by atoms with Crippen LogP contribution in [-0.2, 0) is 19.6 Å². The highest BCUT2D eigenvalue weighted by atomic mass is 79.9. The molecule has 0 radical (unpaired) electrons. The molecule has 0 spiro atoms. The normalized spacial score (nSPS) is 20.9. The zero-order chi connectivity index (χ0) is 14.9. The van der Waals surface area contributed by atoms with Crippen LogP contribution in [0.2, 0.25) is 0 Å². The molecule has 0 N–H and O–H groups in total. The van der Waals surface area contributed by atoms with Crippen LogP contribution < -0.4 is 0 Å². The molecule has 2 rings (SSSR count). The maximum Gasteiger partial charge on any atom is 0.324 e. The van der Waals surface area contributed by atoms with Gasteiger partial charge in [-0.1, -0.05) is 0 Å². The Kier molecular flexibility index (Phi) is 4.88. The molecule has 0 aliphatic carbocycles. The van der Waals surface area contributed by atoms with E-state index in [2.05, 4.69) is 15.9 Å². The third kappa shape index (κ3) is 2.93. The van der Waals surface area contributed by atoms with Gasteiger partial charge in [-0.3, -0.25) is 4.79 Å². The Morgan fingerprint density at radius 2 is 2.20 bits per heavy atom. The Morgan fingerprint density at radius 1 is 1.50 bits per heavy atom. The molecule has 1 atom stereocenters. The number of halogens is 1. The average molecular weight is 382 g/mol.